The van der Waals surface area contributed by atoms with E-state index in [9.17, 15) is 0 Å². The van der Waals surface area contributed by atoms with Crippen molar-refractivity contribution in [3.8, 4) is 0 Å². The molecule has 21 heavy (non-hydrogen) atoms. The highest BCUT2D eigenvalue weighted by Gasteiger charge is 2.06. The van der Waals surface area contributed by atoms with E-state index < -0.39 is 0 Å². The molecule has 1 heterocycles. The first kappa shape index (κ1) is 14.0. The van der Waals surface area contributed by atoms with Gasteiger partial charge in [0.1, 0.15) is 0 Å². The molecule has 3 nitrogen and oxygen atoms in total. The normalized spacial score (nSPS) is 10.5. The van der Waals surface area contributed by atoms with Gasteiger partial charge in [0.15, 0.2) is 10.2 Å². The summed E-state index contributed by atoms with van der Waals surface area (Å²) in [6, 6.07) is 16.4. The van der Waals surface area contributed by atoms with Crippen LogP contribution in [0.1, 0.15) is 11.1 Å². The fourth-order valence-corrected chi connectivity index (χ4v) is 3.24. The van der Waals surface area contributed by atoms with E-state index >= 15 is 0 Å². The van der Waals surface area contributed by atoms with Crippen LogP contribution in [0.3, 0.4) is 0 Å². The Balaban J connectivity index is 1.65. The largest absolute Gasteiger partial charge is 0.358 e. The SMILES string of the molecule is Cc1cccc2sc(NC(=S)NCc3ccccc3)nc12. The van der Waals surface area contributed by atoms with Crippen LogP contribution in [0.4, 0.5) is 5.13 Å². The van der Waals surface area contributed by atoms with Gasteiger partial charge >= 0.3 is 0 Å². The summed E-state index contributed by atoms with van der Waals surface area (Å²) in [5, 5.41) is 7.77. The molecule has 0 radical (unpaired) electrons. The second-order valence-corrected chi connectivity index (χ2v) is 6.17. The number of thiocarbonyl (C=S) groups is 1. The van der Waals surface area contributed by atoms with E-state index in [0.29, 0.717) is 11.7 Å². The highest BCUT2D eigenvalue weighted by molar-refractivity contribution is 7.80. The summed E-state index contributed by atoms with van der Waals surface area (Å²) in [6.07, 6.45) is 0. The third-order valence-electron chi connectivity index (χ3n) is 3.14. The molecular weight excluding hydrogens is 298 g/mol. The van der Waals surface area contributed by atoms with E-state index in [1.165, 1.54) is 15.8 Å². The van der Waals surface area contributed by atoms with Gasteiger partial charge in [-0.05, 0) is 36.3 Å². The van der Waals surface area contributed by atoms with Gasteiger partial charge in [0.05, 0.1) is 10.2 Å². The van der Waals surface area contributed by atoms with Crippen molar-refractivity contribution in [1.29, 1.82) is 0 Å². The summed E-state index contributed by atoms with van der Waals surface area (Å²) < 4.78 is 1.17. The first-order valence-corrected chi connectivity index (χ1v) is 7.90. The number of nitrogens with zero attached hydrogens (tertiary/aromatic N) is 1. The summed E-state index contributed by atoms with van der Waals surface area (Å²) in [7, 11) is 0. The molecule has 0 aliphatic carbocycles. The molecular formula is C16H15N3S2. The number of aryl methyl sites for hydroxylation is 1. The standard InChI is InChI=1S/C16H15N3S2/c1-11-6-5-9-13-14(11)18-16(21-13)19-15(20)17-10-12-7-3-2-4-8-12/h2-9H,10H2,1H3,(H2,17,18,19,20). The van der Waals surface area contributed by atoms with E-state index in [1.54, 1.807) is 11.3 Å². The van der Waals surface area contributed by atoms with Crippen LogP contribution in [-0.4, -0.2) is 10.1 Å². The van der Waals surface area contributed by atoms with Gasteiger partial charge in [-0.2, -0.15) is 0 Å². The Labute approximate surface area is 133 Å². The molecule has 3 rings (SSSR count). The van der Waals surface area contributed by atoms with E-state index in [2.05, 4.69) is 46.8 Å². The van der Waals surface area contributed by atoms with Crippen molar-refractivity contribution in [3.05, 3.63) is 59.7 Å². The lowest BCUT2D eigenvalue weighted by Crippen LogP contribution is -2.27. The van der Waals surface area contributed by atoms with Crippen LogP contribution in [0.15, 0.2) is 48.5 Å². The number of hydrogen-bond donors (Lipinski definition) is 2. The number of thiazole rings is 1. The van der Waals surface area contributed by atoms with Crippen molar-refractivity contribution in [2.24, 2.45) is 0 Å². The number of fused-ring (bicyclic) bond motifs is 1. The van der Waals surface area contributed by atoms with Gasteiger partial charge in [0, 0.05) is 6.54 Å². The van der Waals surface area contributed by atoms with Crippen molar-refractivity contribution in [3.63, 3.8) is 0 Å². The molecule has 2 aromatic carbocycles. The van der Waals surface area contributed by atoms with Gasteiger partial charge in [0.25, 0.3) is 0 Å². The first-order chi connectivity index (χ1) is 10.2. The number of para-hydroxylation sites is 1. The lowest BCUT2D eigenvalue weighted by Gasteiger charge is -2.07. The average molecular weight is 313 g/mol. The van der Waals surface area contributed by atoms with Gasteiger partial charge in [-0.3, -0.25) is 0 Å². The summed E-state index contributed by atoms with van der Waals surface area (Å²) >= 11 is 6.93. The zero-order valence-electron chi connectivity index (χ0n) is 11.6. The van der Waals surface area contributed by atoms with Crippen molar-refractivity contribution < 1.29 is 0 Å². The third kappa shape index (κ3) is 3.37. The van der Waals surface area contributed by atoms with Crippen molar-refractivity contribution in [2.45, 2.75) is 13.5 Å². The molecule has 0 bridgehead atoms. The molecule has 0 spiro atoms. The predicted octanol–water partition coefficient (Wildman–Crippen LogP) is 4.09. The lowest BCUT2D eigenvalue weighted by atomic mass is 10.2. The third-order valence-corrected chi connectivity index (χ3v) is 4.32. The van der Waals surface area contributed by atoms with Crippen LogP contribution < -0.4 is 10.6 Å². The molecule has 0 saturated heterocycles. The van der Waals surface area contributed by atoms with Crippen molar-refractivity contribution >= 4 is 44.0 Å². The van der Waals surface area contributed by atoms with Gasteiger partial charge in [-0.25, -0.2) is 4.98 Å². The zero-order valence-corrected chi connectivity index (χ0v) is 13.2. The second kappa shape index (κ2) is 6.20. The molecule has 3 aromatic rings. The van der Waals surface area contributed by atoms with Crippen LogP contribution in [0, 0.1) is 6.92 Å². The highest BCUT2D eigenvalue weighted by Crippen LogP contribution is 2.27. The molecule has 0 amide bonds. The van der Waals surface area contributed by atoms with E-state index in [0.717, 1.165) is 10.6 Å². The van der Waals surface area contributed by atoms with Crippen LogP contribution in [0.25, 0.3) is 10.2 Å². The molecule has 5 heteroatoms. The maximum absolute atomic E-state index is 5.32. The number of benzene rings is 2. The molecule has 0 fully saturated rings. The molecule has 0 aliphatic rings. The Kier molecular flexibility index (Phi) is 4.13. The fourth-order valence-electron chi connectivity index (χ4n) is 2.06. The average Bonchev–Trinajstić information content (AvgIpc) is 2.90. The van der Waals surface area contributed by atoms with Gasteiger partial charge < -0.3 is 10.6 Å². The smallest absolute Gasteiger partial charge is 0.190 e. The minimum atomic E-state index is 0.593. The summed E-state index contributed by atoms with van der Waals surface area (Å²) in [4.78, 5) is 4.59. The Morgan fingerprint density at radius 2 is 1.95 bits per heavy atom. The van der Waals surface area contributed by atoms with E-state index in [-0.39, 0.29) is 0 Å². The Bertz CT molecular complexity index is 766. The van der Waals surface area contributed by atoms with Crippen LogP contribution in [-0.2, 0) is 6.54 Å². The van der Waals surface area contributed by atoms with Gasteiger partial charge in [-0.1, -0.05) is 53.8 Å². The molecule has 0 saturated carbocycles. The Morgan fingerprint density at radius 1 is 1.14 bits per heavy atom. The molecule has 1 aromatic heterocycles. The van der Waals surface area contributed by atoms with E-state index in [4.69, 9.17) is 12.2 Å². The molecule has 0 unspecified atom stereocenters. The van der Waals surface area contributed by atoms with Crippen molar-refractivity contribution in [1.82, 2.24) is 10.3 Å². The topological polar surface area (TPSA) is 37.0 Å². The van der Waals surface area contributed by atoms with E-state index in [1.807, 2.05) is 24.3 Å². The zero-order chi connectivity index (χ0) is 14.7. The summed E-state index contributed by atoms with van der Waals surface area (Å²) in [6.45, 7) is 2.77. The van der Waals surface area contributed by atoms with Gasteiger partial charge in [0.2, 0.25) is 0 Å². The first-order valence-electron chi connectivity index (χ1n) is 6.67. The fraction of sp³-hybridized carbons (Fsp3) is 0.125. The number of hydrogen-bond acceptors (Lipinski definition) is 3. The molecule has 2 N–H and O–H groups in total. The predicted molar refractivity (Wildman–Crippen MR) is 93.9 cm³/mol. The highest BCUT2D eigenvalue weighted by atomic mass is 32.1. The van der Waals surface area contributed by atoms with Crippen LogP contribution in [0.2, 0.25) is 0 Å². The van der Waals surface area contributed by atoms with Crippen LogP contribution in [0.5, 0.6) is 0 Å². The summed E-state index contributed by atoms with van der Waals surface area (Å²) in [5.74, 6) is 0. The minimum absolute atomic E-state index is 0.593. The minimum Gasteiger partial charge on any atom is -0.358 e. The Morgan fingerprint density at radius 3 is 2.71 bits per heavy atom. The monoisotopic (exact) mass is 313 g/mol. The van der Waals surface area contributed by atoms with Crippen LogP contribution >= 0.6 is 23.6 Å². The summed E-state index contributed by atoms with van der Waals surface area (Å²) in [5.41, 5.74) is 3.41. The quantitative estimate of drug-likeness (QED) is 0.714. The maximum atomic E-state index is 5.32. The maximum Gasteiger partial charge on any atom is 0.190 e. The van der Waals surface area contributed by atoms with Crippen molar-refractivity contribution in [2.75, 3.05) is 5.32 Å². The number of aromatic nitrogens is 1. The molecule has 106 valence electrons. The molecule has 0 atom stereocenters. The number of nitrogens with one attached hydrogen (secondary N) is 2. The second-order valence-electron chi connectivity index (χ2n) is 4.73. The lowest BCUT2D eigenvalue weighted by molar-refractivity contribution is 0.926. The van der Waals surface area contributed by atoms with Gasteiger partial charge in [-0.15, -0.1) is 0 Å². The Hall–Kier alpha value is -1.98. The molecule has 0 aliphatic heterocycles. The number of anilines is 1. The number of rotatable bonds is 3.